The van der Waals surface area contributed by atoms with Gasteiger partial charge < -0.3 is 10.8 Å². The van der Waals surface area contributed by atoms with Gasteiger partial charge in [0.2, 0.25) is 0 Å². The van der Waals surface area contributed by atoms with Gasteiger partial charge in [0.15, 0.2) is 0 Å². The summed E-state index contributed by atoms with van der Waals surface area (Å²) < 4.78 is 0. The normalized spacial score (nSPS) is 36.8. The van der Waals surface area contributed by atoms with Gasteiger partial charge in [0.05, 0.1) is 5.60 Å². The van der Waals surface area contributed by atoms with Crippen LogP contribution < -0.4 is 5.73 Å². The predicted octanol–water partition coefficient (Wildman–Crippen LogP) is 1.81. The maximum atomic E-state index is 10.1. The van der Waals surface area contributed by atoms with E-state index in [0.717, 1.165) is 38.5 Å². The Hall–Kier alpha value is -0.0800. The minimum absolute atomic E-state index is 0.0257. The summed E-state index contributed by atoms with van der Waals surface area (Å²) in [5.41, 5.74) is 5.37. The third-order valence-electron chi connectivity index (χ3n) is 3.03. The van der Waals surface area contributed by atoms with Crippen molar-refractivity contribution in [3.63, 3.8) is 0 Å². The molecular formula is C10H21NO. The van der Waals surface area contributed by atoms with E-state index in [1.165, 1.54) is 6.42 Å². The molecule has 0 unspecified atom stereocenters. The Balaban J connectivity index is 2.42. The fourth-order valence-corrected chi connectivity index (χ4v) is 2.04. The molecule has 0 bridgehead atoms. The van der Waals surface area contributed by atoms with Crippen LogP contribution >= 0.6 is 0 Å². The molecule has 1 aliphatic rings. The Bertz CT molecular complexity index is 138. The SMILES string of the molecule is CCCC[C@@]1(O)CCCC[C@H]1N. The van der Waals surface area contributed by atoms with Gasteiger partial charge in [-0.15, -0.1) is 0 Å². The van der Waals surface area contributed by atoms with E-state index in [0.29, 0.717) is 0 Å². The number of aliphatic hydroxyl groups is 1. The summed E-state index contributed by atoms with van der Waals surface area (Å²) in [4.78, 5) is 0. The molecule has 0 spiro atoms. The van der Waals surface area contributed by atoms with E-state index in [1.807, 2.05) is 0 Å². The molecule has 72 valence electrons. The zero-order valence-electron chi connectivity index (χ0n) is 8.05. The molecule has 0 aromatic rings. The first-order valence-electron chi connectivity index (χ1n) is 5.17. The Labute approximate surface area is 75.2 Å². The number of unbranched alkanes of at least 4 members (excludes halogenated alkanes) is 1. The highest BCUT2D eigenvalue weighted by atomic mass is 16.3. The molecule has 1 aliphatic carbocycles. The first kappa shape index (κ1) is 10.0. The van der Waals surface area contributed by atoms with Crippen LogP contribution in [0.1, 0.15) is 51.9 Å². The second-order valence-corrected chi connectivity index (χ2v) is 4.06. The van der Waals surface area contributed by atoms with Crippen molar-refractivity contribution in [2.24, 2.45) is 5.73 Å². The van der Waals surface area contributed by atoms with Crippen LogP contribution in [0, 0.1) is 0 Å². The highest BCUT2D eigenvalue weighted by molar-refractivity contribution is 4.92. The molecular weight excluding hydrogens is 150 g/mol. The zero-order valence-corrected chi connectivity index (χ0v) is 8.05. The Kier molecular flexibility index (Phi) is 3.53. The lowest BCUT2D eigenvalue weighted by atomic mass is 9.78. The quantitative estimate of drug-likeness (QED) is 0.680. The molecule has 2 atom stereocenters. The third kappa shape index (κ3) is 2.20. The van der Waals surface area contributed by atoms with E-state index < -0.39 is 5.60 Å². The van der Waals surface area contributed by atoms with Crippen molar-refractivity contribution in [3.8, 4) is 0 Å². The van der Waals surface area contributed by atoms with Crippen LogP contribution in [-0.2, 0) is 0 Å². The van der Waals surface area contributed by atoms with Gasteiger partial charge in [-0.2, -0.15) is 0 Å². The maximum Gasteiger partial charge on any atom is 0.0797 e. The zero-order chi connectivity index (χ0) is 9.03. The van der Waals surface area contributed by atoms with E-state index in [1.54, 1.807) is 0 Å². The molecule has 2 nitrogen and oxygen atoms in total. The molecule has 0 aromatic carbocycles. The Morgan fingerprint density at radius 2 is 2.25 bits per heavy atom. The smallest absolute Gasteiger partial charge is 0.0797 e. The van der Waals surface area contributed by atoms with Crippen LogP contribution in [0.25, 0.3) is 0 Å². The van der Waals surface area contributed by atoms with E-state index in [2.05, 4.69) is 6.92 Å². The number of nitrogens with two attached hydrogens (primary N) is 1. The van der Waals surface area contributed by atoms with Crippen molar-refractivity contribution in [2.75, 3.05) is 0 Å². The molecule has 0 saturated heterocycles. The number of rotatable bonds is 3. The van der Waals surface area contributed by atoms with E-state index >= 15 is 0 Å². The largest absolute Gasteiger partial charge is 0.388 e. The number of hydrogen-bond acceptors (Lipinski definition) is 2. The standard InChI is InChI=1S/C10H21NO/c1-2-3-7-10(12)8-5-4-6-9(10)11/h9,12H,2-8,11H2,1H3/t9-,10-/m1/s1. The Morgan fingerprint density at radius 1 is 1.50 bits per heavy atom. The molecule has 0 aromatic heterocycles. The molecule has 0 amide bonds. The highest BCUT2D eigenvalue weighted by Gasteiger charge is 2.35. The molecule has 1 rings (SSSR count). The monoisotopic (exact) mass is 171 g/mol. The second-order valence-electron chi connectivity index (χ2n) is 4.06. The highest BCUT2D eigenvalue weighted by Crippen LogP contribution is 2.31. The van der Waals surface area contributed by atoms with E-state index in [4.69, 9.17) is 5.73 Å². The summed E-state index contributed by atoms with van der Waals surface area (Å²) in [5, 5.41) is 10.1. The molecule has 12 heavy (non-hydrogen) atoms. The van der Waals surface area contributed by atoms with Crippen molar-refractivity contribution in [3.05, 3.63) is 0 Å². The molecule has 0 aliphatic heterocycles. The average molecular weight is 171 g/mol. The van der Waals surface area contributed by atoms with Gasteiger partial charge in [-0.1, -0.05) is 32.6 Å². The van der Waals surface area contributed by atoms with Crippen LogP contribution in [0.15, 0.2) is 0 Å². The van der Waals surface area contributed by atoms with E-state index in [9.17, 15) is 5.11 Å². The van der Waals surface area contributed by atoms with Crippen molar-refractivity contribution >= 4 is 0 Å². The minimum atomic E-state index is -0.533. The van der Waals surface area contributed by atoms with Gasteiger partial charge in [-0.25, -0.2) is 0 Å². The van der Waals surface area contributed by atoms with Crippen molar-refractivity contribution < 1.29 is 5.11 Å². The molecule has 2 heteroatoms. The molecule has 3 N–H and O–H groups in total. The fourth-order valence-electron chi connectivity index (χ4n) is 2.04. The third-order valence-corrected chi connectivity index (χ3v) is 3.03. The van der Waals surface area contributed by atoms with Crippen LogP contribution in [0.4, 0.5) is 0 Å². The minimum Gasteiger partial charge on any atom is -0.388 e. The topological polar surface area (TPSA) is 46.2 Å². The summed E-state index contributed by atoms with van der Waals surface area (Å²) in [6.07, 6.45) is 7.39. The van der Waals surface area contributed by atoms with Gasteiger partial charge in [0.1, 0.15) is 0 Å². The summed E-state index contributed by atoms with van der Waals surface area (Å²) in [6, 6.07) is 0.0257. The van der Waals surface area contributed by atoms with Crippen LogP contribution in [0.2, 0.25) is 0 Å². The first-order chi connectivity index (χ1) is 5.69. The van der Waals surface area contributed by atoms with Gasteiger partial charge in [0.25, 0.3) is 0 Å². The molecule has 1 fully saturated rings. The maximum absolute atomic E-state index is 10.1. The second kappa shape index (κ2) is 4.24. The lowest BCUT2D eigenvalue weighted by Gasteiger charge is -2.37. The van der Waals surface area contributed by atoms with Gasteiger partial charge in [0, 0.05) is 6.04 Å². The lowest BCUT2D eigenvalue weighted by Crippen LogP contribution is -2.50. The van der Waals surface area contributed by atoms with Crippen molar-refractivity contribution in [1.82, 2.24) is 0 Å². The van der Waals surface area contributed by atoms with Crippen molar-refractivity contribution in [2.45, 2.75) is 63.5 Å². The molecule has 0 heterocycles. The van der Waals surface area contributed by atoms with Crippen LogP contribution in [0.5, 0.6) is 0 Å². The van der Waals surface area contributed by atoms with Crippen LogP contribution in [-0.4, -0.2) is 16.7 Å². The summed E-state index contributed by atoms with van der Waals surface area (Å²) in [5.74, 6) is 0. The number of hydrogen-bond donors (Lipinski definition) is 2. The summed E-state index contributed by atoms with van der Waals surface area (Å²) in [7, 11) is 0. The average Bonchev–Trinajstić information content (AvgIpc) is 2.07. The van der Waals surface area contributed by atoms with Crippen molar-refractivity contribution in [1.29, 1.82) is 0 Å². The summed E-state index contributed by atoms with van der Waals surface area (Å²) >= 11 is 0. The van der Waals surface area contributed by atoms with E-state index in [-0.39, 0.29) is 6.04 Å². The van der Waals surface area contributed by atoms with Gasteiger partial charge in [-0.05, 0) is 19.3 Å². The van der Waals surface area contributed by atoms with Gasteiger partial charge >= 0.3 is 0 Å². The fraction of sp³-hybridized carbons (Fsp3) is 1.00. The molecule has 0 radical (unpaired) electrons. The lowest BCUT2D eigenvalue weighted by molar-refractivity contribution is -0.0231. The van der Waals surface area contributed by atoms with Gasteiger partial charge in [-0.3, -0.25) is 0 Å². The molecule has 1 saturated carbocycles. The predicted molar refractivity (Wildman–Crippen MR) is 50.9 cm³/mol. The van der Waals surface area contributed by atoms with Crippen LogP contribution in [0.3, 0.4) is 0 Å². The Morgan fingerprint density at radius 3 is 2.83 bits per heavy atom. The first-order valence-corrected chi connectivity index (χ1v) is 5.17. The summed E-state index contributed by atoms with van der Waals surface area (Å²) in [6.45, 7) is 2.15.